The highest BCUT2D eigenvalue weighted by molar-refractivity contribution is 5.74. The Balaban J connectivity index is 1.94. The van der Waals surface area contributed by atoms with Crippen LogP contribution in [0.25, 0.3) is 0 Å². The van der Waals surface area contributed by atoms with Gasteiger partial charge in [-0.15, -0.1) is 0 Å². The molecule has 1 aliphatic rings. The lowest BCUT2D eigenvalue weighted by atomic mass is 9.86. The number of nitrogens with one attached hydrogen (secondary N) is 1. The van der Waals surface area contributed by atoms with E-state index in [0.717, 1.165) is 12.1 Å². The summed E-state index contributed by atoms with van der Waals surface area (Å²) in [6.45, 7) is 1.90. The van der Waals surface area contributed by atoms with Crippen molar-refractivity contribution < 1.29 is 23.5 Å². The number of carbonyl (C=O) groups is 2. The number of carboxylic acid groups (broad SMARTS) is 1. The first-order valence-corrected chi connectivity index (χ1v) is 8.13. The first-order valence-electron chi connectivity index (χ1n) is 8.13. The van der Waals surface area contributed by atoms with E-state index in [4.69, 9.17) is 5.11 Å². The predicted octanol–water partition coefficient (Wildman–Crippen LogP) is 3.14. The summed E-state index contributed by atoms with van der Waals surface area (Å²) in [7, 11) is 0. The van der Waals surface area contributed by atoms with Crippen LogP contribution < -0.4 is 5.32 Å². The van der Waals surface area contributed by atoms with Crippen molar-refractivity contribution in [3.63, 3.8) is 0 Å². The molecule has 0 atom stereocenters. The van der Waals surface area contributed by atoms with Crippen LogP contribution >= 0.6 is 0 Å². The van der Waals surface area contributed by atoms with E-state index >= 15 is 0 Å². The third-order valence-electron chi connectivity index (χ3n) is 4.48. The predicted molar refractivity (Wildman–Crippen MR) is 84.4 cm³/mol. The van der Waals surface area contributed by atoms with Crippen molar-refractivity contribution in [2.45, 2.75) is 45.2 Å². The third kappa shape index (κ3) is 4.43. The minimum absolute atomic E-state index is 0.104. The fraction of sp³-hybridized carbons (Fsp3) is 0.529. The van der Waals surface area contributed by atoms with Crippen LogP contribution in [-0.2, 0) is 11.3 Å². The molecule has 1 aromatic carbocycles. The zero-order valence-electron chi connectivity index (χ0n) is 13.6. The number of benzene rings is 1. The van der Waals surface area contributed by atoms with E-state index < -0.39 is 17.6 Å². The normalized spacial score (nSPS) is 20.5. The molecule has 0 heterocycles. The molecule has 0 spiro atoms. The first-order chi connectivity index (χ1) is 11.4. The van der Waals surface area contributed by atoms with Gasteiger partial charge in [0, 0.05) is 18.2 Å². The van der Waals surface area contributed by atoms with Gasteiger partial charge in [0.15, 0.2) is 0 Å². The highest BCUT2D eigenvalue weighted by atomic mass is 19.1. The number of hydrogen-bond acceptors (Lipinski definition) is 2. The minimum atomic E-state index is -0.801. The summed E-state index contributed by atoms with van der Waals surface area (Å²) in [6.07, 6.45) is 2.23. The number of aliphatic carboxylic acids is 1. The van der Waals surface area contributed by atoms with Crippen molar-refractivity contribution in [3.05, 3.63) is 35.4 Å². The molecule has 0 saturated heterocycles. The Hall–Kier alpha value is -2.18. The van der Waals surface area contributed by atoms with E-state index in [1.54, 1.807) is 6.92 Å². The molecule has 24 heavy (non-hydrogen) atoms. The molecule has 1 aromatic rings. The molecule has 0 unspecified atom stereocenters. The van der Waals surface area contributed by atoms with Gasteiger partial charge in [-0.25, -0.2) is 13.6 Å². The molecular formula is C17H22F2N2O3. The summed E-state index contributed by atoms with van der Waals surface area (Å²) in [4.78, 5) is 24.6. The van der Waals surface area contributed by atoms with Crippen LogP contribution in [0.5, 0.6) is 0 Å². The largest absolute Gasteiger partial charge is 0.481 e. The van der Waals surface area contributed by atoms with E-state index in [-0.39, 0.29) is 30.1 Å². The van der Waals surface area contributed by atoms with Crippen LogP contribution in [0.3, 0.4) is 0 Å². The lowest BCUT2D eigenvalue weighted by Gasteiger charge is -2.30. The fourth-order valence-corrected chi connectivity index (χ4v) is 2.95. The number of nitrogens with zero attached hydrogens (tertiary/aromatic N) is 1. The number of amides is 2. The second-order valence-electron chi connectivity index (χ2n) is 6.05. The molecule has 2 amide bonds. The quantitative estimate of drug-likeness (QED) is 0.865. The Bertz CT molecular complexity index is 581. The molecule has 2 rings (SSSR count). The zero-order chi connectivity index (χ0) is 17.7. The van der Waals surface area contributed by atoms with Crippen LogP contribution in [0.4, 0.5) is 13.6 Å². The third-order valence-corrected chi connectivity index (χ3v) is 4.48. The van der Waals surface area contributed by atoms with Crippen molar-refractivity contribution in [2.75, 3.05) is 6.54 Å². The summed E-state index contributed by atoms with van der Waals surface area (Å²) in [6, 6.07) is 3.12. The zero-order valence-corrected chi connectivity index (χ0v) is 13.6. The van der Waals surface area contributed by atoms with Crippen molar-refractivity contribution in [1.82, 2.24) is 10.2 Å². The van der Waals surface area contributed by atoms with E-state index in [9.17, 15) is 18.4 Å². The van der Waals surface area contributed by atoms with Gasteiger partial charge in [0.05, 0.1) is 12.5 Å². The molecule has 0 radical (unpaired) electrons. The van der Waals surface area contributed by atoms with Crippen molar-refractivity contribution in [2.24, 2.45) is 5.92 Å². The highest BCUT2D eigenvalue weighted by Crippen LogP contribution is 2.24. The summed E-state index contributed by atoms with van der Waals surface area (Å²) in [5, 5.41) is 11.8. The maximum absolute atomic E-state index is 13.7. The Kier molecular flexibility index (Phi) is 6.11. The fourth-order valence-electron chi connectivity index (χ4n) is 2.95. The van der Waals surface area contributed by atoms with E-state index in [2.05, 4.69) is 5.32 Å². The van der Waals surface area contributed by atoms with Crippen molar-refractivity contribution in [1.29, 1.82) is 0 Å². The van der Waals surface area contributed by atoms with E-state index in [0.29, 0.717) is 32.2 Å². The molecule has 1 fully saturated rings. The van der Waals surface area contributed by atoms with E-state index in [1.807, 2.05) is 0 Å². The molecule has 5 nitrogen and oxygen atoms in total. The van der Waals surface area contributed by atoms with Crippen molar-refractivity contribution >= 4 is 12.0 Å². The van der Waals surface area contributed by atoms with Gasteiger partial charge in [0.1, 0.15) is 11.6 Å². The average Bonchev–Trinajstić information content (AvgIpc) is 2.55. The number of carboxylic acids is 1. The molecular weight excluding hydrogens is 318 g/mol. The smallest absolute Gasteiger partial charge is 0.317 e. The molecule has 1 saturated carbocycles. The number of rotatable bonds is 5. The Morgan fingerprint density at radius 1 is 1.21 bits per heavy atom. The maximum Gasteiger partial charge on any atom is 0.317 e. The number of urea groups is 1. The standard InChI is InChI=1S/C17H22F2N2O3/c1-2-21(10-13-14(18)4-3-5-15(13)19)17(24)20-12-8-6-11(7-9-12)16(22)23/h3-5,11-12H,2,6-10H2,1H3,(H,20,24)(H,22,23). The molecule has 0 aromatic heterocycles. The molecule has 132 valence electrons. The van der Waals surface area contributed by atoms with Crippen LogP contribution in [-0.4, -0.2) is 34.6 Å². The van der Waals surface area contributed by atoms with Crippen molar-refractivity contribution in [3.8, 4) is 0 Å². The van der Waals surface area contributed by atoms with Crippen LogP contribution in [0.1, 0.15) is 38.2 Å². The van der Waals surface area contributed by atoms with Crippen LogP contribution in [0.2, 0.25) is 0 Å². The molecule has 1 aliphatic carbocycles. The Labute approximate surface area is 139 Å². The summed E-state index contributed by atoms with van der Waals surface area (Å²) in [5.74, 6) is -2.51. The first kappa shape index (κ1) is 18.2. The molecule has 2 N–H and O–H groups in total. The average molecular weight is 340 g/mol. The molecule has 0 bridgehead atoms. The van der Waals surface area contributed by atoms with Gasteiger partial charge in [-0.05, 0) is 44.7 Å². The monoisotopic (exact) mass is 340 g/mol. The second-order valence-corrected chi connectivity index (χ2v) is 6.05. The van der Waals surface area contributed by atoms with Gasteiger partial charge in [0.2, 0.25) is 0 Å². The Morgan fingerprint density at radius 3 is 2.29 bits per heavy atom. The number of carbonyl (C=O) groups excluding carboxylic acids is 1. The summed E-state index contributed by atoms with van der Waals surface area (Å²) >= 11 is 0. The van der Waals surface area contributed by atoms with Gasteiger partial charge >= 0.3 is 12.0 Å². The molecule has 7 heteroatoms. The van der Waals surface area contributed by atoms with Gasteiger partial charge in [0.25, 0.3) is 0 Å². The van der Waals surface area contributed by atoms with Gasteiger partial charge in [-0.2, -0.15) is 0 Å². The van der Waals surface area contributed by atoms with Gasteiger partial charge in [-0.1, -0.05) is 6.07 Å². The number of hydrogen-bond donors (Lipinski definition) is 2. The second kappa shape index (κ2) is 8.08. The van der Waals surface area contributed by atoms with Crippen LogP contribution in [0, 0.1) is 17.6 Å². The SMILES string of the molecule is CCN(Cc1c(F)cccc1F)C(=O)NC1CCC(C(=O)O)CC1. The minimum Gasteiger partial charge on any atom is -0.481 e. The summed E-state index contributed by atoms with van der Waals surface area (Å²) < 4.78 is 27.5. The lowest BCUT2D eigenvalue weighted by Crippen LogP contribution is -2.46. The molecule has 0 aliphatic heterocycles. The maximum atomic E-state index is 13.7. The van der Waals surface area contributed by atoms with E-state index in [1.165, 1.54) is 11.0 Å². The Morgan fingerprint density at radius 2 is 1.79 bits per heavy atom. The van der Waals surface area contributed by atoms with Gasteiger partial charge < -0.3 is 15.3 Å². The highest BCUT2D eigenvalue weighted by Gasteiger charge is 2.28. The number of halogens is 2. The summed E-state index contributed by atoms with van der Waals surface area (Å²) in [5.41, 5.74) is -0.135. The topological polar surface area (TPSA) is 69.6 Å². The van der Waals surface area contributed by atoms with Crippen LogP contribution in [0.15, 0.2) is 18.2 Å². The lowest BCUT2D eigenvalue weighted by molar-refractivity contribution is -0.142. The van der Waals surface area contributed by atoms with Gasteiger partial charge in [-0.3, -0.25) is 4.79 Å².